The first kappa shape index (κ1) is 53.2. The Hall–Kier alpha value is -10.1. The number of aromatic nitrogens is 6. The van der Waals surface area contributed by atoms with Crippen LogP contribution in [0.1, 0.15) is 22.3 Å². The van der Waals surface area contributed by atoms with Gasteiger partial charge >= 0.3 is 24.7 Å². The molecule has 4 heterocycles. The van der Waals surface area contributed by atoms with Gasteiger partial charge in [-0.15, -0.1) is 0 Å². The summed E-state index contributed by atoms with van der Waals surface area (Å²) in [6.07, 6.45) is -17.2. The maximum absolute atomic E-state index is 14.7. The van der Waals surface area contributed by atoms with E-state index in [1.54, 1.807) is 67.0 Å². The zero-order chi connectivity index (χ0) is 58.5. The van der Waals surface area contributed by atoms with Crippen molar-refractivity contribution < 1.29 is 52.7 Å². The van der Waals surface area contributed by atoms with Gasteiger partial charge < -0.3 is 9.13 Å². The monoisotopic (exact) mass is 1140 g/mol. The lowest BCUT2D eigenvalue weighted by atomic mass is 9.95. The average molecular weight is 1140 g/mol. The van der Waals surface area contributed by atoms with Crippen LogP contribution >= 0.6 is 0 Å². The molecule has 0 aliphatic rings. The number of halogens is 12. The summed E-state index contributed by atoms with van der Waals surface area (Å²) < 4.78 is 175. The smallest absolute Gasteiger partial charge is 0.309 e. The molecule has 84 heavy (non-hydrogen) atoms. The number of hydrogen-bond acceptors (Lipinski definition) is 4. The second-order valence-corrected chi connectivity index (χ2v) is 19.8. The third-order valence-electron chi connectivity index (χ3n) is 14.8. The second kappa shape index (κ2) is 19.8. The Labute approximate surface area is 468 Å². The Morgan fingerprint density at radius 2 is 0.702 bits per heavy atom. The van der Waals surface area contributed by atoms with Gasteiger partial charge in [0.2, 0.25) is 0 Å². The highest BCUT2D eigenvalue weighted by Crippen LogP contribution is 2.47. The Morgan fingerprint density at radius 3 is 1.17 bits per heavy atom. The first-order valence-corrected chi connectivity index (χ1v) is 25.8. The van der Waals surface area contributed by atoms with Crippen LogP contribution in [-0.2, 0) is 24.7 Å². The van der Waals surface area contributed by atoms with Crippen molar-refractivity contribution in [1.29, 1.82) is 0 Å². The van der Waals surface area contributed by atoms with Gasteiger partial charge in [-0.1, -0.05) is 121 Å². The van der Waals surface area contributed by atoms with Gasteiger partial charge in [0.1, 0.15) is 0 Å². The van der Waals surface area contributed by atoms with E-state index in [0.717, 1.165) is 12.1 Å². The zero-order valence-corrected chi connectivity index (χ0v) is 43.0. The van der Waals surface area contributed by atoms with Gasteiger partial charge in [0.25, 0.3) is 0 Å². The number of nitrogens with zero attached hydrogens (tertiary/aromatic N) is 6. The first-order chi connectivity index (χ1) is 40.2. The van der Waals surface area contributed by atoms with E-state index in [-0.39, 0.29) is 29.1 Å². The molecule has 414 valence electrons. The molecule has 18 heteroatoms. The van der Waals surface area contributed by atoms with E-state index in [2.05, 4.69) is 4.98 Å². The Morgan fingerprint density at radius 1 is 0.286 bits per heavy atom. The van der Waals surface area contributed by atoms with Crippen LogP contribution in [-0.4, -0.2) is 29.1 Å². The van der Waals surface area contributed by atoms with Crippen LogP contribution in [0.3, 0.4) is 0 Å². The standard InChI is InChI=1S/C66H36F12N6/c67-63(68,69)42-22-24-44(52(34-42)65(73,74)75)39-19-26-56-49(31-39)46-15-7-9-17-54(46)83(56)57-28-21-41(62-81-60(37-11-3-1-4-12-37)80-61(82-62)38-13-5-2-6-14-38)33-51(57)48-29-30-79-36-59(48)84-55-18-10-8-16-47(55)50-32-40(20-27-58(50)84)45-25-23-43(64(70,71)72)35-53(45)66(76,77)78/h1-36H. The van der Waals surface area contributed by atoms with Gasteiger partial charge in [0.15, 0.2) is 17.5 Å². The second-order valence-electron chi connectivity index (χ2n) is 19.8. The van der Waals surface area contributed by atoms with Crippen LogP contribution in [0, 0.1) is 0 Å². The summed E-state index contributed by atoms with van der Waals surface area (Å²) >= 11 is 0. The third kappa shape index (κ3) is 9.42. The van der Waals surface area contributed by atoms with Crippen molar-refractivity contribution in [3.63, 3.8) is 0 Å². The number of fused-ring (bicyclic) bond motifs is 6. The molecule has 9 aromatic carbocycles. The zero-order valence-electron chi connectivity index (χ0n) is 43.0. The molecule has 0 radical (unpaired) electrons. The third-order valence-corrected chi connectivity index (χ3v) is 14.8. The Kier molecular flexibility index (Phi) is 12.6. The highest BCUT2D eigenvalue weighted by Gasteiger charge is 2.40. The minimum Gasteiger partial charge on any atom is -0.309 e. The van der Waals surface area contributed by atoms with E-state index in [1.807, 2.05) is 100 Å². The van der Waals surface area contributed by atoms with E-state index in [9.17, 15) is 52.7 Å². The maximum atomic E-state index is 14.7. The largest absolute Gasteiger partial charge is 0.417 e. The molecular weight excluding hydrogens is 1100 g/mol. The van der Waals surface area contributed by atoms with Crippen LogP contribution in [0.4, 0.5) is 52.7 Å². The lowest BCUT2D eigenvalue weighted by Gasteiger charge is -2.19. The van der Waals surface area contributed by atoms with Gasteiger partial charge in [-0.3, -0.25) is 4.98 Å². The summed E-state index contributed by atoms with van der Waals surface area (Å²) in [6, 6.07) is 52.5. The van der Waals surface area contributed by atoms with Crippen LogP contribution in [0.2, 0.25) is 0 Å². The number of rotatable bonds is 8. The SMILES string of the molecule is FC(F)(F)c1ccc(-c2ccc3c(c2)c2ccccc2n3-c2ccc(-c3nc(-c4ccccc4)nc(-c4ccccc4)n3)cc2-c2ccncc2-n2c3ccccc3c3cc(-c4ccc(C(F)(F)F)cc4C(F)(F)F)ccc32)c(C(F)(F)F)c1. The minimum atomic E-state index is -5.15. The highest BCUT2D eigenvalue weighted by molar-refractivity contribution is 6.13. The van der Waals surface area contributed by atoms with Gasteiger partial charge in [-0.05, 0) is 107 Å². The lowest BCUT2D eigenvalue weighted by Crippen LogP contribution is -2.12. The van der Waals surface area contributed by atoms with Crippen molar-refractivity contribution in [2.24, 2.45) is 0 Å². The van der Waals surface area contributed by atoms with Crippen LogP contribution in [0.25, 0.3) is 123 Å². The summed E-state index contributed by atoms with van der Waals surface area (Å²) in [5.41, 5.74) is -0.519. The van der Waals surface area contributed by atoms with E-state index in [0.29, 0.717) is 107 Å². The van der Waals surface area contributed by atoms with Gasteiger partial charge in [0.05, 0.1) is 61.9 Å². The summed E-state index contributed by atoms with van der Waals surface area (Å²) in [7, 11) is 0. The quantitative estimate of drug-likeness (QED) is 0.142. The Bertz CT molecular complexity index is 4670. The number of alkyl halides is 12. The normalized spacial score (nSPS) is 12.5. The van der Waals surface area contributed by atoms with Crippen molar-refractivity contribution >= 4 is 43.6 Å². The number of para-hydroxylation sites is 2. The van der Waals surface area contributed by atoms with Crippen LogP contribution in [0.5, 0.6) is 0 Å². The molecule has 0 unspecified atom stereocenters. The number of benzene rings is 9. The summed E-state index contributed by atoms with van der Waals surface area (Å²) in [5.74, 6) is 1.02. The predicted molar refractivity (Wildman–Crippen MR) is 299 cm³/mol. The van der Waals surface area contributed by atoms with Gasteiger partial charge in [0, 0.05) is 55.6 Å². The molecule has 0 fully saturated rings. The number of hydrogen-bond donors (Lipinski definition) is 0. The molecule has 13 rings (SSSR count). The molecule has 6 nitrogen and oxygen atoms in total. The highest BCUT2D eigenvalue weighted by atomic mass is 19.4. The maximum Gasteiger partial charge on any atom is 0.417 e. The van der Waals surface area contributed by atoms with E-state index >= 15 is 0 Å². The topological polar surface area (TPSA) is 61.4 Å². The summed E-state index contributed by atoms with van der Waals surface area (Å²) in [6.45, 7) is 0. The molecule has 4 aromatic heterocycles. The fourth-order valence-corrected chi connectivity index (χ4v) is 11.0. The minimum absolute atomic E-state index is 0.0115. The van der Waals surface area contributed by atoms with Crippen molar-refractivity contribution in [3.8, 4) is 78.9 Å². The van der Waals surface area contributed by atoms with Crippen LogP contribution < -0.4 is 0 Å². The molecule has 0 N–H and O–H groups in total. The summed E-state index contributed by atoms with van der Waals surface area (Å²) in [4.78, 5) is 19.5. The molecule has 0 amide bonds. The van der Waals surface area contributed by atoms with Crippen molar-refractivity contribution in [3.05, 3.63) is 241 Å². The van der Waals surface area contributed by atoms with Gasteiger partial charge in [-0.2, -0.15) is 52.7 Å². The molecule has 0 atom stereocenters. The molecule has 0 spiro atoms. The fraction of sp³-hybridized carbons (Fsp3) is 0.0606. The fourth-order valence-electron chi connectivity index (χ4n) is 11.0. The van der Waals surface area contributed by atoms with E-state index in [4.69, 9.17) is 15.0 Å². The van der Waals surface area contributed by atoms with E-state index in [1.165, 1.54) is 24.3 Å². The number of pyridine rings is 1. The van der Waals surface area contributed by atoms with Gasteiger partial charge in [-0.25, -0.2) is 15.0 Å². The Balaban J connectivity index is 1.07. The molecule has 0 aliphatic heterocycles. The molecular formula is C66H36F12N6. The molecule has 0 saturated carbocycles. The summed E-state index contributed by atoms with van der Waals surface area (Å²) in [5, 5.41) is 2.12. The average Bonchev–Trinajstić information content (AvgIpc) is 1.78. The predicted octanol–water partition coefficient (Wildman–Crippen LogP) is 19.5. The molecule has 0 saturated heterocycles. The van der Waals surface area contributed by atoms with Crippen molar-refractivity contribution in [1.82, 2.24) is 29.1 Å². The molecule has 0 bridgehead atoms. The molecule has 13 aromatic rings. The first-order valence-electron chi connectivity index (χ1n) is 25.8. The van der Waals surface area contributed by atoms with Crippen molar-refractivity contribution in [2.75, 3.05) is 0 Å². The van der Waals surface area contributed by atoms with E-state index < -0.39 is 58.1 Å². The lowest BCUT2D eigenvalue weighted by molar-refractivity contribution is -0.144. The van der Waals surface area contributed by atoms with Crippen molar-refractivity contribution in [2.45, 2.75) is 24.7 Å². The molecule has 0 aliphatic carbocycles. The van der Waals surface area contributed by atoms with Crippen LogP contribution in [0.15, 0.2) is 219 Å².